The van der Waals surface area contributed by atoms with Gasteiger partial charge in [0, 0.05) is 17.7 Å². The maximum atomic E-state index is 13.6. The van der Waals surface area contributed by atoms with Crippen molar-refractivity contribution in [2.45, 2.75) is 25.9 Å². The minimum Gasteiger partial charge on any atom is -0.456 e. The van der Waals surface area contributed by atoms with Gasteiger partial charge in [0.1, 0.15) is 15.6 Å². The zero-order chi connectivity index (χ0) is 14.9. The Hall–Kier alpha value is -1.40. The van der Waals surface area contributed by atoms with E-state index in [0.29, 0.717) is 11.1 Å². The van der Waals surface area contributed by atoms with Gasteiger partial charge in [-0.1, -0.05) is 12.1 Å². The third kappa shape index (κ3) is 3.58. The molecule has 4 nitrogen and oxygen atoms in total. The summed E-state index contributed by atoms with van der Waals surface area (Å²) in [5, 5.41) is 3.84. The monoisotopic (exact) mass is 299 g/mol. The topological polar surface area (TPSA) is 59.3 Å². The predicted octanol–water partition coefficient (Wildman–Crippen LogP) is 2.66. The molecule has 1 aromatic carbocycles. The molecule has 0 bridgehead atoms. The number of nitrogens with one attached hydrogen (secondary N) is 1. The number of halogens is 1. The summed E-state index contributed by atoms with van der Waals surface area (Å²) in [6.45, 7) is 3.65. The van der Waals surface area contributed by atoms with Gasteiger partial charge in [-0.2, -0.15) is 0 Å². The third-order valence-electron chi connectivity index (χ3n) is 3.03. The molecule has 1 N–H and O–H groups in total. The van der Waals surface area contributed by atoms with Crippen molar-refractivity contribution in [2.75, 3.05) is 12.0 Å². The minimum atomic E-state index is -3.04. The van der Waals surface area contributed by atoms with Crippen LogP contribution < -0.4 is 5.32 Å². The van der Waals surface area contributed by atoms with E-state index in [4.69, 9.17) is 4.42 Å². The van der Waals surface area contributed by atoms with Crippen LogP contribution in [0, 0.1) is 5.82 Å². The summed E-state index contributed by atoms with van der Waals surface area (Å²) in [5.41, 5.74) is 0.229. The molecule has 2 unspecified atom stereocenters. The van der Waals surface area contributed by atoms with E-state index in [1.165, 1.54) is 12.3 Å². The van der Waals surface area contributed by atoms with Gasteiger partial charge in [-0.05, 0) is 26.0 Å². The van der Waals surface area contributed by atoms with Gasteiger partial charge in [0.2, 0.25) is 0 Å². The van der Waals surface area contributed by atoms with Gasteiger partial charge >= 0.3 is 0 Å². The first-order chi connectivity index (χ1) is 9.26. The molecule has 0 aliphatic heterocycles. The first-order valence-corrected chi connectivity index (χ1v) is 8.44. The van der Waals surface area contributed by atoms with E-state index >= 15 is 0 Å². The fraction of sp³-hybridized carbons (Fsp3) is 0.429. The summed E-state index contributed by atoms with van der Waals surface area (Å²) < 4.78 is 41.5. The zero-order valence-electron chi connectivity index (χ0n) is 11.7. The quantitative estimate of drug-likeness (QED) is 0.922. The van der Waals surface area contributed by atoms with Crippen LogP contribution in [0.25, 0.3) is 11.0 Å². The Morgan fingerprint density at radius 3 is 2.65 bits per heavy atom. The Bertz CT molecular complexity index is 708. The van der Waals surface area contributed by atoms with Crippen molar-refractivity contribution in [3.05, 3.63) is 35.8 Å². The molecule has 0 radical (unpaired) electrons. The lowest BCUT2D eigenvalue weighted by atomic mass is 10.2. The summed E-state index contributed by atoms with van der Waals surface area (Å²) in [4.78, 5) is 0. The van der Waals surface area contributed by atoms with Gasteiger partial charge in [0.25, 0.3) is 0 Å². The van der Waals surface area contributed by atoms with Crippen molar-refractivity contribution < 1.29 is 17.2 Å². The number of para-hydroxylation sites is 1. The van der Waals surface area contributed by atoms with Gasteiger partial charge in [-0.25, -0.2) is 12.8 Å². The van der Waals surface area contributed by atoms with Gasteiger partial charge < -0.3 is 9.73 Å². The molecule has 0 saturated heterocycles. The van der Waals surface area contributed by atoms with Crippen LogP contribution in [0.15, 0.2) is 28.7 Å². The first-order valence-electron chi connectivity index (χ1n) is 6.38. The Morgan fingerprint density at radius 1 is 1.35 bits per heavy atom. The molecule has 6 heteroatoms. The second-order valence-corrected chi connectivity index (χ2v) is 7.37. The third-order valence-corrected chi connectivity index (χ3v) is 4.13. The summed E-state index contributed by atoms with van der Waals surface area (Å²) >= 11 is 0. The van der Waals surface area contributed by atoms with E-state index in [0.717, 1.165) is 0 Å². The Labute approximate surface area is 117 Å². The molecule has 0 aliphatic rings. The summed E-state index contributed by atoms with van der Waals surface area (Å²) in [7, 11) is -3.04. The Balaban J connectivity index is 2.15. The summed E-state index contributed by atoms with van der Waals surface area (Å²) in [5.74, 6) is 0.238. The molecule has 2 aromatic rings. The second-order valence-electron chi connectivity index (χ2n) is 5.19. The van der Waals surface area contributed by atoms with Gasteiger partial charge in [0.15, 0.2) is 11.4 Å². The number of benzene rings is 1. The highest BCUT2D eigenvalue weighted by Gasteiger charge is 2.17. The lowest BCUT2D eigenvalue weighted by molar-refractivity contribution is 0.418. The van der Waals surface area contributed by atoms with Crippen molar-refractivity contribution in [3.63, 3.8) is 0 Å². The van der Waals surface area contributed by atoms with E-state index in [1.807, 2.05) is 6.92 Å². The van der Waals surface area contributed by atoms with E-state index in [2.05, 4.69) is 5.32 Å². The van der Waals surface area contributed by atoms with Crippen LogP contribution in [0.2, 0.25) is 0 Å². The molecule has 20 heavy (non-hydrogen) atoms. The average molecular weight is 299 g/mol. The molecule has 1 heterocycles. The van der Waals surface area contributed by atoms with E-state index in [-0.39, 0.29) is 23.4 Å². The lowest BCUT2D eigenvalue weighted by Crippen LogP contribution is -2.34. The van der Waals surface area contributed by atoms with Crippen LogP contribution in [0.4, 0.5) is 4.39 Å². The molecule has 2 atom stereocenters. The number of hydrogen-bond acceptors (Lipinski definition) is 4. The summed E-state index contributed by atoms with van der Waals surface area (Å²) in [6.07, 6.45) is 1.20. The maximum Gasteiger partial charge on any atom is 0.169 e. The predicted molar refractivity (Wildman–Crippen MR) is 76.9 cm³/mol. The fourth-order valence-electron chi connectivity index (χ4n) is 2.27. The van der Waals surface area contributed by atoms with Crippen molar-refractivity contribution in [1.82, 2.24) is 5.32 Å². The number of sulfone groups is 1. The number of rotatable bonds is 5. The molecular formula is C14H18FNO3S. The van der Waals surface area contributed by atoms with Crippen molar-refractivity contribution >= 4 is 20.8 Å². The lowest BCUT2D eigenvalue weighted by Gasteiger charge is -2.17. The van der Waals surface area contributed by atoms with Gasteiger partial charge in [-0.3, -0.25) is 0 Å². The second kappa shape index (κ2) is 5.54. The number of furan rings is 1. The van der Waals surface area contributed by atoms with Crippen LogP contribution in [-0.4, -0.2) is 26.5 Å². The number of hydrogen-bond donors (Lipinski definition) is 1. The molecule has 0 fully saturated rings. The van der Waals surface area contributed by atoms with E-state index < -0.39 is 15.7 Å². The molecular weight excluding hydrogens is 281 g/mol. The van der Waals surface area contributed by atoms with Crippen LogP contribution in [0.5, 0.6) is 0 Å². The van der Waals surface area contributed by atoms with Crippen LogP contribution >= 0.6 is 0 Å². The van der Waals surface area contributed by atoms with Crippen LogP contribution in [0.3, 0.4) is 0 Å². The normalized spacial score (nSPS) is 15.4. The highest BCUT2D eigenvalue weighted by molar-refractivity contribution is 7.90. The maximum absolute atomic E-state index is 13.6. The highest BCUT2D eigenvalue weighted by atomic mass is 32.2. The highest BCUT2D eigenvalue weighted by Crippen LogP contribution is 2.26. The SMILES string of the molecule is CC(CS(C)(=O)=O)NC(C)c1cc2cccc(F)c2o1. The molecule has 0 aliphatic carbocycles. The van der Waals surface area contributed by atoms with E-state index in [1.54, 1.807) is 25.1 Å². The Morgan fingerprint density at radius 2 is 2.05 bits per heavy atom. The zero-order valence-corrected chi connectivity index (χ0v) is 12.5. The molecule has 2 rings (SSSR count). The number of fused-ring (bicyclic) bond motifs is 1. The molecule has 110 valence electrons. The summed E-state index contributed by atoms with van der Waals surface area (Å²) in [6, 6.07) is 6.11. The minimum absolute atomic E-state index is 0.0475. The first kappa shape index (κ1) is 15.0. The van der Waals surface area contributed by atoms with Crippen molar-refractivity contribution in [1.29, 1.82) is 0 Å². The Kier molecular flexibility index (Phi) is 4.15. The van der Waals surface area contributed by atoms with Crippen LogP contribution in [0.1, 0.15) is 25.6 Å². The average Bonchev–Trinajstić information content (AvgIpc) is 2.71. The molecule has 0 saturated carbocycles. The fourth-order valence-corrected chi connectivity index (χ4v) is 3.28. The van der Waals surface area contributed by atoms with Crippen LogP contribution in [-0.2, 0) is 9.84 Å². The van der Waals surface area contributed by atoms with Gasteiger partial charge in [-0.15, -0.1) is 0 Å². The standard InChI is InChI=1S/C14H18FNO3S/c1-9(8-20(3,17)18)16-10(2)13-7-11-5-4-6-12(15)14(11)19-13/h4-7,9-10,16H,8H2,1-3H3. The van der Waals surface area contributed by atoms with Crippen molar-refractivity contribution in [3.8, 4) is 0 Å². The van der Waals surface area contributed by atoms with E-state index in [9.17, 15) is 12.8 Å². The molecule has 0 amide bonds. The molecule has 0 spiro atoms. The van der Waals surface area contributed by atoms with Crippen molar-refractivity contribution in [2.24, 2.45) is 0 Å². The smallest absolute Gasteiger partial charge is 0.169 e. The largest absolute Gasteiger partial charge is 0.456 e. The molecule has 1 aromatic heterocycles. The van der Waals surface area contributed by atoms with Gasteiger partial charge in [0.05, 0.1) is 11.8 Å².